The van der Waals surface area contributed by atoms with Gasteiger partial charge in [0, 0.05) is 6.07 Å². The number of carboxylic acid groups (broad SMARTS) is 1. The van der Waals surface area contributed by atoms with Gasteiger partial charge in [-0.1, -0.05) is 6.07 Å². The van der Waals surface area contributed by atoms with E-state index in [4.69, 9.17) is 9.52 Å². The fourth-order valence-electron chi connectivity index (χ4n) is 1.51. The first kappa shape index (κ1) is 13.7. The molecule has 1 heterocycles. The number of halogens is 2. The van der Waals surface area contributed by atoms with Crippen molar-refractivity contribution >= 4 is 17.6 Å². The second-order valence-corrected chi connectivity index (χ2v) is 4.01. The van der Waals surface area contributed by atoms with E-state index in [1.807, 2.05) is 5.32 Å². The summed E-state index contributed by atoms with van der Waals surface area (Å²) < 4.78 is 31.9. The number of nitrogens with one attached hydrogen (secondary N) is 1. The van der Waals surface area contributed by atoms with Gasteiger partial charge in [0.1, 0.15) is 17.8 Å². The van der Waals surface area contributed by atoms with Crippen molar-refractivity contribution in [2.75, 3.05) is 5.32 Å². The molecule has 0 unspecified atom stereocenters. The lowest BCUT2D eigenvalue weighted by Crippen LogP contribution is -2.14. The lowest BCUT2D eigenvalue weighted by atomic mass is 10.2. The summed E-state index contributed by atoms with van der Waals surface area (Å²) in [6.45, 7) is 1.42. The molecule has 0 saturated heterocycles. The van der Waals surface area contributed by atoms with Crippen LogP contribution in [0, 0.1) is 18.6 Å². The number of hydrogen-bond acceptors (Lipinski definition) is 3. The lowest BCUT2D eigenvalue weighted by Gasteiger charge is -2.07. The standard InChI is InChI=1S/C13H9F2NO4/c1-6-2-3-8(14)11(10(6)15)16-12(17)9-4-7(5-20-9)13(18)19/h2-5H,1H3,(H,16,17)(H,18,19). The maximum Gasteiger partial charge on any atom is 0.338 e. The quantitative estimate of drug-likeness (QED) is 0.906. The molecule has 0 aliphatic heterocycles. The molecular formula is C13H9F2NO4. The average Bonchev–Trinajstić information content (AvgIpc) is 2.89. The van der Waals surface area contributed by atoms with Gasteiger partial charge in [-0.3, -0.25) is 4.79 Å². The van der Waals surface area contributed by atoms with Gasteiger partial charge in [0.25, 0.3) is 5.91 Å². The summed E-state index contributed by atoms with van der Waals surface area (Å²) in [5, 5.41) is 10.7. The molecule has 0 spiro atoms. The van der Waals surface area contributed by atoms with Crippen LogP contribution in [-0.2, 0) is 0 Å². The summed E-state index contributed by atoms with van der Waals surface area (Å²) >= 11 is 0. The van der Waals surface area contributed by atoms with Gasteiger partial charge >= 0.3 is 5.97 Å². The van der Waals surface area contributed by atoms with Crippen LogP contribution in [0.3, 0.4) is 0 Å². The fraction of sp³-hybridized carbons (Fsp3) is 0.0769. The minimum Gasteiger partial charge on any atom is -0.478 e. The van der Waals surface area contributed by atoms with Crippen molar-refractivity contribution in [1.82, 2.24) is 0 Å². The minimum absolute atomic E-state index is 0.160. The molecular weight excluding hydrogens is 272 g/mol. The number of rotatable bonds is 3. The third-order valence-corrected chi connectivity index (χ3v) is 2.59. The normalized spacial score (nSPS) is 10.3. The zero-order chi connectivity index (χ0) is 14.9. The van der Waals surface area contributed by atoms with E-state index in [1.165, 1.54) is 13.0 Å². The van der Waals surface area contributed by atoms with Crippen molar-refractivity contribution in [3.05, 3.63) is 53.0 Å². The number of carbonyl (C=O) groups excluding carboxylic acids is 1. The number of carbonyl (C=O) groups is 2. The first-order valence-electron chi connectivity index (χ1n) is 5.48. The Morgan fingerprint density at radius 2 is 2.00 bits per heavy atom. The van der Waals surface area contributed by atoms with Crippen LogP contribution >= 0.6 is 0 Å². The van der Waals surface area contributed by atoms with Crippen LogP contribution in [0.4, 0.5) is 14.5 Å². The molecule has 1 aromatic carbocycles. The summed E-state index contributed by atoms with van der Waals surface area (Å²) in [6, 6.07) is 3.21. The van der Waals surface area contributed by atoms with Gasteiger partial charge < -0.3 is 14.8 Å². The summed E-state index contributed by atoms with van der Waals surface area (Å²) in [5.74, 6) is -4.42. The molecule has 7 heteroatoms. The minimum atomic E-state index is -1.28. The molecule has 5 nitrogen and oxygen atoms in total. The first-order chi connectivity index (χ1) is 9.40. The van der Waals surface area contributed by atoms with Crippen molar-refractivity contribution in [3.8, 4) is 0 Å². The van der Waals surface area contributed by atoms with Gasteiger partial charge in [0.05, 0.1) is 5.56 Å². The van der Waals surface area contributed by atoms with E-state index in [-0.39, 0.29) is 16.9 Å². The fourth-order valence-corrected chi connectivity index (χ4v) is 1.51. The van der Waals surface area contributed by atoms with Crippen LogP contribution in [0.15, 0.2) is 28.9 Å². The summed E-state index contributed by atoms with van der Waals surface area (Å²) in [7, 11) is 0. The number of benzene rings is 1. The molecule has 0 fully saturated rings. The highest BCUT2D eigenvalue weighted by Crippen LogP contribution is 2.22. The van der Waals surface area contributed by atoms with Crippen LogP contribution < -0.4 is 5.32 Å². The maximum atomic E-state index is 13.7. The Bertz CT molecular complexity index is 694. The van der Waals surface area contributed by atoms with Crippen LogP contribution in [0.1, 0.15) is 26.5 Å². The monoisotopic (exact) mass is 281 g/mol. The number of amides is 1. The Kier molecular flexibility index (Phi) is 3.51. The van der Waals surface area contributed by atoms with E-state index >= 15 is 0 Å². The molecule has 0 aliphatic carbocycles. The van der Waals surface area contributed by atoms with E-state index in [2.05, 4.69) is 0 Å². The maximum absolute atomic E-state index is 13.7. The Balaban J connectivity index is 2.28. The molecule has 20 heavy (non-hydrogen) atoms. The highest BCUT2D eigenvalue weighted by atomic mass is 19.1. The lowest BCUT2D eigenvalue weighted by molar-refractivity contribution is 0.0696. The van der Waals surface area contributed by atoms with Crippen LogP contribution in [0.25, 0.3) is 0 Å². The van der Waals surface area contributed by atoms with Crippen molar-refractivity contribution < 1.29 is 27.9 Å². The Morgan fingerprint density at radius 1 is 1.30 bits per heavy atom. The molecule has 0 atom stereocenters. The molecule has 1 amide bonds. The van der Waals surface area contributed by atoms with Crippen molar-refractivity contribution in [2.45, 2.75) is 6.92 Å². The zero-order valence-corrected chi connectivity index (χ0v) is 10.2. The van der Waals surface area contributed by atoms with Crippen LogP contribution in [0.5, 0.6) is 0 Å². The number of hydrogen-bond donors (Lipinski definition) is 2. The average molecular weight is 281 g/mol. The van der Waals surface area contributed by atoms with Gasteiger partial charge in [-0.05, 0) is 18.6 Å². The molecule has 0 aliphatic rings. The van der Waals surface area contributed by atoms with Gasteiger partial charge in [-0.15, -0.1) is 0 Å². The molecule has 0 radical (unpaired) electrons. The van der Waals surface area contributed by atoms with E-state index in [0.29, 0.717) is 0 Å². The van der Waals surface area contributed by atoms with E-state index in [9.17, 15) is 18.4 Å². The van der Waals surface area contributed by atoms with Crippen molar-refractivity contribution in [1.29, 1.82) is 0 Å². The summed E-state index contributed by atoms with van der Waals surface area (Å²) in [5.41, 5.74) is -0.684. The largest absolute Gasteiger partial charge is 0.478 e. The number of furan rings is 1. The third-order valence-electron chi connectivity index (χ3n) is 2.59. The van der Waals surface area contributed by atoms with Gasteiger partial charge in [-0.25, -0.2) is 13.6 Å². The highest BCUT2D eigenvalue weighted by Gasteiger charge is 2.19. The topological polar surface area (TPSA) is 79.5 Å². The molecule has 1 aromatic heterocycles. The summed E-state index contributed by atoms with van der Waals surface area (Å²) in [4.78, 5) is 22.4. The van der Waals surface area contributed by atoms with E-state index in [0.717, 1.165) is 18.4 Å². The SMILES string of the molecule is Cc1ccc(F)c(NC(=O)c2cc(C(=O)O)co2)c1F. The Hall–Kier alpha value is -2.70. The van der Waals surface area contributed by atoms with Crippen molar-refractivity contribution in [2.24, 2.45) is 0 Å². The predicted molar refractivity (Wildman–Crippen MR) is 64.7 cm³/mol. The summed E-state index contributed by atoms with van der Waals surface area (Å²) in [6.07, 6.45) is 0.861. The molecule has 2 N–H and O–H groups in total. The van der Waals surface area contributed by atoms with Crippen LogP contribution in [-0.4, -0.2) is 17.0 Å². The molecule has 2 rings (SSSR count). The smallest absolute Gasteiger partial charge is 0.338 e. The Morgan fingerprint density at radius 3 is 2.60 bits per heavy atom. The number of anilines is 1. The van der Waals surface area contributed by atoms with E-state index in [1.54, 1.807) is 0 Å². The second kappa shape index (κ2) is 5.12. The molecule has 0 saturated carbocycles. The van der Waals surface area contributed by atoms with Gasteiger partial charge in [-0.2, -0.15) is 0 Å². The molecule has 2 aromatic rings. The third kappa shape index (κ3) is 2.51. The molecule has 0 bridgehead atoms. The van der Waals surface area contributed by atoms with Crippen LogP contribution in [0.2, 0.25) is 0 Å². The number of aryl methyl sites for hydroxylation is 1. The number of aromatic carboxylic acids is 1. The van der Waals surface area contributed by atoms with Gasteiger partial charge in [0.2, 0.25) is 0 Å². The zero-order valence-electron chi connectivity index (χ0n) is 10.2. The molecule has 104 valence electrons. The van der Waals surface area contributed by atoms with Gasteiger partial charge in [0.15, 0.2) is 11.6 Å². The predicted octanol–water partition coefficient (Wildman–Crippen LogP) is 2.82. The van der Waals surface area contributed by atoms with E-state index < -0.39 is 29.2 Å². The Labute approximate surface area is 111 Å². The van der Waals surface area contributed by atoms with Crippen molar-refractivity contribution in [3.63, 3.8) is 0 Å². The second-order valence-electron chi connectivity index (χ2n) is 4.01. The number of carboxylic acids is 1. The first-order valence-corrected chi connectivity index (χ1v) is 5.48. The highest BCUT2D eigenvalue weighted by molar-refractivity contribution is 6.03.